The molecule has 0 aliphatic carbocycles. The summed E-state index contributed by atoms with van der Waals surface area (Å²) in [5, 5.41) is -0.253. The highest BCUT2D eigenvalue weighted by molar-refractivity contribution is 6.63. The number of carbonyl (C=O) groups excluding carboxylic acids is 1. The fourth-order valence-corrected chi connectivity index (χ4v) is 0.746. The number of ether oxygens (including phenoxy) is 1. The first kappa shape index (κ1) is 9.92. The van der Waals surface area contributed by atoms with E-state index in [1.165, 1.54) is 0 Å². The Morgan fingerprint density at radius 1 is 1.50 bits per heavy atom. The van der Waals surface area contributed by atoms with Gasteiger partial charge >= 0.3 is 0 Å². The summed E-state index contributed by atoms with van der Waals surface area (Å²) in [6.07, 6.45) is 2.23. The van der Waals surface area contributed by atoms with Crippen molar-refractivity contribution in [1.29, 1.82) is 0 Å². The first-order chi connectivity index (χ1) is 4.77. The van der Waals surface area contributed by atoms with Crippen LogP contribution in [0.4, 0.5) is 0 Å². The van der Waals surface area contributed by atoms with E-state index in [9.17, 15) is 4.79 Å². The highest BCUT2D eigenvalue weighted by atomic mass is 35.5. The van der Waals surface area contributed by atoms with Gasteiger partial charge in [-0.15, -0.1) is 0 Å². The Labute approximate surface area is 66.5 Å². The SMILES string of the molecule is CCOCCCCC(=O)Cl. The van der Waals surface area contributed by atoms with Gasteiger partial charge in [-0.2, -0.15) is 0 Å². The minimum Gasteiger partial charge on any atom is -0.382 e. The molecule has 10 heavy (non-hydrogen) atoms. The van der Waals surface area contributed by atoms with E-state index in [1.807, 2.05) is 6.92 Å². The summed E-state index contributed by atoms with van der Waals surface area (Å²) in [5.74, 6) is 0. The molecule has 0 saturated heterocycles. The van der Waals surface area contributed by atoms with Crippen molar-refractivity contribution in [3.8, 4) is 0 Å². The Hall–Kier alpha value is -0.0800. The average Bonchev–Trinajstić information content (AvgIpc) is 1.87. The van der Waals surface area contributed by atoms with Gasteiger partial charge in [0.2, 0.25) is 5.24 Å². The van der Waals surface area contributed by atoms with E-state index in [0.717, 1.165) is 26.1 Å². The smallest absolute Gasteiger partial charge is 0.221 e. The zero-order valence-corrected chi connectivity index (χ0v) is 6.99. The molecule has 0 aliphatic heterocycles. The van der Waals surface area contributed by atoms with E-state index in [0.29, 0.717) is 6.42 Å². The van der Waals surface area contributed by atoms with Crippen molar-refractivity contribution in [3.63, 3.8) is 0 Å². The third kappa shape index (κ3) is 7.92. The molecule has 0 bridgehead atoms. The van der Waals surface area contributed by atoms with Crippen molar-refractivity contribution < 1.29 is 9.53 Å². The molecule has 0 aliphatic rings. The summed E-state index contributed by atoms with van der Waals surface area (Å²) in [4.78, 5) is 10.2. The molecule has 0 fully saturated rings. The van der Waals surface area contributed by atoms with Gasteiger partial charge in [0.25, 0.3) is 0 Å². The van der Waals surface area contributed by atoms with Gasteiger partial charge in [-0.05, 0) is 31.4 Å². The van der Waals surface area contributed by atoms with Gasteiger partial charge in [-0.3, -0.25) is 4.79 Å². The number of rotatable bonds is 6. The van der Waals surface area contributed by atoms with Crippen LogP contribution in [0.15, 0.2) is 0 Å². The predicted octanol–water partition coefficient (Wildman–Crippen LogP) is 1.96. The number of hydrogen-bond acceptors (Lipinski definition) is 2. The van der Waals surface area contributed by atoms with E-state index in [-0.39, 0.29) is 5.24 Å². The fourth-order valence-electron chi connectivity index (χ4n) is 0.612. The topological polar surface area (TPSA) is 26.3 Å². The third-order valence-electron chi connectivity index (χ3n) is 1.12. The molecule has 0 rings (SSSR count). The lowest BCUT2D eigenvalue weighted by molar-refractivity contribution is -0.111. The molecule has 2 nitrogen and oxygen atoms in total. The van der Waals surface area contributed by atoms with Crippen LogP contribution < -0.4 is 0 Å². The van der Waals surface area contributed by atoms with Crippen LogP contribution in [0, 0.1) is 0 Å². The summed E-state index contributed by atoms with van der Waals surface area (Å²) in [6.45, 7) is 3.43. The lowest BCUT2D eigenvalue weighted by atomic mass is 10.2. The molecular formula is C7H13ClO2. The predicted molar refractivity (Wildman–Crippen MR) is 41.2 cm³/mol. The Morgan fingerprint density at radius 3 is 2.70 bits per heavy atom. The van der Waals surface area contributed by atoms with Crippen LogP contribution in [0.2, 0.25) is 0 Å². The molecule has 0 saturated carbocycles. The largest absolute Gasteiger partial charge is 0.382 e. The molecular weight excluding hydrogens is 152 g/mol. The van der Waals surface area contributed by atoms with E-state index in [1.54, 1.807) is 0 Å². The average molecular weight is 165 g/mol. The second-order valence-corrected chi connectivity index (χ2v) is 2.43. The molecule has 0 atom stereocenters. The molecule has 0 amide bonds. The zero-order valence-electron chi connectivity index (χ0n) is 6.23. The lowest BCUT2D eigenvalue weighted by Crippen LogP contribution is -1.94. The van der Waals surface area contributed by atoms with Crippen LogP contribution in [0.1, 0.15) is 26.2 Å². The van der Waals surface area contributed by atoms with E-state index in [2.05, 4.69) is 0 Å². The number of halogens is 1. The Kier molecular flexibility index (Phi) is 6.98. The molecule has 3 heteroatoms. The van der Waals surface area contributed by atoms with Gasteiger partial charge in [0.05, 0.1) is 0 Å². The molecule has 0 aromatic heterocycles. The van der Waals surface area contributed by atoms with Gasteiger partial charge in [0, 0.05) is 19.6 Å². The normalized spacial score (nSPS) is 9.80. The van der Waals surface area contributed by atoms with Crippen LogP contribution >= 0.6 is 11.6 Å². The molecule has 0 N–H and O–H groups in total. The van der Waals surface area contributed by atoms with Crippen LogP contribution in [0.25, 0.3) is 0 Å². The maximum absolute atomic E-state index is 10.2. The first-order valence-corrected chi connectivity index (χ1v) is 3.91. The van der Waals surface area contributed by atoms with Gasteiger partial charge in [-0.25, -0.2) is 0 Å². The van der Waals surface area contributed by atoms with Crippen LogP contribution in [0.5, 0.6) is 0 Å². The van der Waals surface area contributed by atoms with Gasteiger partial charge in [0.1, 0.15) is 0 Å². The highest BCUT2D eigenvalue weighted by Crippen LogP contribution is 1.98. The molecule has 0 unspecified atom stereocenters. The summed E-state index contributed by atoms with van der Waals surface area (Å²) >= 11 is 5.11. The molecule has 0 radical (unpaired) electrons. The molecule has 0 aromatic rings. The summed E-state index contributed by atoms with van der Waals surface area (Å²) in [5.41, 5.74) is 0. The zero-order chi connectivity index (χ0) is 7.82. The van der Waals surface area contributed by atoms with Crippen LogP contribution in [-0.2, 0) is 9.53 Å². The van der Waals surface area contributed by atoms with Gasteiger partial charge in [-0.1, -0.05) is 0 Å². The second-order valence-electron chi connectivity index (χ2n) is 2.01. The van der Waals surface area contributed by atoms with Crippen LogP contribution in [0.3, 0.4) is 0 Å². The molecule has 0 spiro atoms. The van der Waals surface area contributed by atoms with Crippen molar-refractivity contribution in [2.45, 2.75) is 26.2 Å². The second kappa shape index (κ2) is 7.03. The maximum Gasteiger partial charge on any atom is 0.221 e. The molecule has 0 heterocycles. The van der Waals surface area contributed by atoms with E-state index >= 15 is 0 Å². The lowest BCUT2D eigenvalue weighted by Gasteiger charge is -1.97. The number of carbonyl (C=O) groups is 1. The monoisotopic (exact) mass is 164 g/mol. The van der Waals surface area contributed by atoms with E-state index < -0.39 is 0 Å². The number of unbranched alkanes of at least 4 members (excludes halogenated alkanes) is 1. The van der Waals surface area contributed by atoms with Crippen molar-refractivity contribution >= 4 is 16.8 Å². The van der Waals surface area contributed by atoms with Gasteiger partial charge < -0.3 is 4.74 Å². The van der Waals surface area contributed by atoms with Crippen molar-refractivity contribution in [2.24, 2.45) is 0 Å². The summed E-state index contributed by atoms with van der Waals surface area (Å²) < 4.78 is 5.06. The molecule has 60 valence electrons. The fraction of sp³-hybridized carbons (Fsp3) is 0.857. The standard InChI is InChI=1S/C7H13ClO2/c1-2-10-6-4-3-5-7(8)9/h2-6H2,1H3. The highest BCUT2D eigenvalue weighted by Gasteiger charge is 1.94. The van der Waals surface area contributed by atoms with E-state index in [4.69, 9.17) is 16.3 Å². The first-order valence-electron chi connectivity index (χ1n) is 3.53. The number of hydrogen-bond donors (Lipinski definition) is 0. The minimum absolute atomic E-state index is 0.253. The van der Waals surface area contributed by atoms with Crippen molar-refractivity contribution in [3.05, 3.63) is 0 Å². The van der Waals surface area contributed by atoms with Gasteiger partial charge in [0.15, 0.2) is 0 Å². The maximum atomic E-state index is 10.2. The van der Waals surface area contributed by atoms with Crippen molar-refractivity contribution in [2.75, 3.05) is 13.2 Å². The Balaban J connectivity index is 2.84. The Morgan fingerprint density at radius 2 is 2.20 bits per heavy atom. The summed E-state index contributed by atoms with van der Waals surface area (Å²) in [6, 6.07) is 0. The van der Waals surface area contributed by atoms with Crippen LogP contribution in [-0.4, -0.2) is 18.5 Å². The third-order valence-corrected chi connectivity index (χ3v) is 1.31. The summed E-state index contributed by atoms with van der Waals surface area (Å²) in [7, 11) is 0. The quantitative estimate of drug-likeness (QED) is 0.443. The molecule has 0 aromatic carbocycles. The minimum atomic E-state index is -0.253. The Bertz CT molecular complexity index is 93.6. The van der Waals surface area contributed by atoms with Crippen molar-refractivity contribution in [1.82, 2.24) is 0 Å².